The third-order valence-electron chi connectivity index (χ3n) is 2.46. The third kappa shape index (κ3) is 6.39. The van der Waals surface area contributed by atoms with Gasteiger partial charge in [0.1, 0.15) is 0 Å². The average molecular weight is 236 g/mol. The van der Waals surface area contributed by atoms with Crippen molar-refractivity contribution in [3.8, 4) is 0 Å². The molecule has 0 unspecified atom stereocenters. The van der Waals surface area contributed by atoms with Gasteiger partial charge in [0.25, 0.3) is 0 Å². The van der Waals surface area contributed by atoms with Crippen molar-refractivity contribution in [2.45, 2.75) is 33.7 Å². The van der Waals surface area contributed by atoms with Crippen molar-refractivity contribution in [1.29, 1.82) is 0 Å². The maximum absolute atomic E-state index is 8.94. The molecule has 17 heavy (non-hydrogen) atoms. The second-order valence-corrected chi connectivity index (χ2v) is 5.71. The van der Waals surface area contributed by atoms with E-state index >= 15 is 0 Å². The zero-order valence-electron chi connectivity index (χ0n) is 11.2. The zero-order chi connectivity index (χ0) is 12.7. The number of hydrogen-bond donors (Lipinski definition) is 1. The van der Waals surface area contributed by atoms with Crippen LogP contribution in [0.3, 0.4) is 0 Å². The summed E-state index contributed by atoms with van der Waals surface area (Å²) in [5.41, 5.74) is 1.51. The minimum Gasteiger partial charge on any atom is -0.396 e. The van der Waals surface area contributed by atoms with Crippen LogP contribution in [0.1, 0.15) is 32.8 Å². The molecule has 1 heterocycles. The van der Waals surface area contributed by atoms with Crippen LogP contribution in [-0.2, 0) is 6.54 Å². The molecule has 0 bridgehead atoms. The standard InChI is InChI=1S/C14H24N2O/c1-14(2,3)12-16(8-5-9-17)11-13-6-4-7-15-10-13/h4,6-7,10,17H,5,8-9,11-12H2,1-3H3. The molecule has 0 aliphatic rings. The summed E-state index contributed by atoms with van der Waals surface area (Å²) in [5.74, 6) is 0. The number of hydrogen-bond acceptors (Lipinski definition) is 3. The van der Waals surface area contributed by atoms with Crippen molar-refractivity contribution in [2.75, 3.05) is 19.7 Å². The van der Waals surface area contributed by atoms with Crippen LogP contribution >= 0.6 is 0 Å². The van der Waals surface area contributed by atoms with Gasteiger partial charge in [0.15, 0.2) is 0 Å². The Hall–Kier alpha value is -0.930. The van der Waals surface area contributed by atoms with E-state index in [-0.39, 0.29) is 12.0 Å². The molecule has 0 aliphatic carbocycles. The maximum Gasteiger partial charge on any atom is 0.0443 e. The Morgan fingerprint density at radius 2 is 2.12 bits per heavy atom. The molecule has 0 atom stereocenters. The molecule has 0 saturated carbocycles. The normalized spacial score (nSPS) is 12.1. The minimum absolute atomic E-state index is 0.258. The first kappa shape index (κ1) is 14.1. The van der Waals surface area contributed by atoms with Gasteiger partial charge in [-0.25, -0.2) is 0 Å². The predicted octanol–water partition coefficient (Wildman–Crippen LogP) is 2.31. The fourth-order valence-corrected chi connectivity index (χ4v) is 1.93. The fraction of sp³-hybridized carbons (Fsp3) is 0.643. The molecule has 1 aromatic heterocycles. The topological polar surface area (TPSA) is 36.4 Å². The number of nitrogens with zero attached hydrogens (tertiary/aromatic N) is 2. The van der Waals surface area contributed by atoms with E-state index in [1.165, 1.54) is 5.56 Å². The van der Waals surface area contributed by atoms with Gasteiger partial charge in [0, 0.05) is 38.6 Å². The van der Waals surface area contributed by atoms with E-state index in [1.54, 1.807) is 6.20 Å². The molecule has 1 aromatic rings. The highest BCUT2D eigenvalue weighted by atomic mass is 16.3. The summed E-state index contributed by atoms with van der Waals surface area (Å²) >= 11 is 0. The van der Waals surface area contributed by atoms with Crippen LogP contribution in [0.15, 0.2) is 24.5 Å². The molecule has 96 valence electrons. The van der Waals surface area contributed by atoms with Gasteiger partial charge in [-0.1, -0.05) is 26.8 Å². The largest absolute Gasteiger partial charge is 0.396 e. The van der Waals surface area contributed by atoms with Crippen LogP contribution in [0.5, 0.6) is 0 Å². The molecule has 0 amide bonds. The van der Waals surface area contributed by atoms with Gasteiger partial charge in [-0.05, 0) is 23.5 Å². The van der Waals surface area contributed by atoms with Crippen LogP contribution < -0.4 is 0 Å². The lowest BCUT2D eigenvalue weighted by Crippen LogP contribution is -2.33. The van der Waals surface area contributed by atoms with Gasteiger partial charge >= 0.3 is 0 Å². The van der Waals surface area contributed by atoms with Crippen molar-refractivity contribution in [1.82, 2.24) is 9.88 Å². The summed E-state index contributed by atoms with van der Waals surface area (Å²) in [7, 11) is 0. The third-order valence-corrected chi connectivity index (χ3v) is 2.46. The van der Waals surface area contributed by atoms with Gasteiger partial charge in [-0.2, -0.15) is 0 Å². The van der Waals surface area contributed by atoms with E-state index in [0.717, 1.165) is 26.1 Å². The van der Waals surface area contributed by atoms with Gasteiger partial charge in [0.05, 0.1) is 0 Å². The number of aliphatic hydroxyl groups excluding tert-OH is 1. The van der Waals surface area contributed by atoms with Crippen molar-refractivity contribution in [3.05, 3.63) is 30.1 Å². The lowest BCUT2D eigenvalue weighted by molar-refractivity contribution is 0.166. The van der Waals surface area contributed by atoms with Crippen LogP contribution in [-0.4, -0.2) is 34.7 Å². The number of aromatic nitrogens is 1. The highest BCUT2D eigenvalue weighted by Crippen LogP contribution is 2.17. The van der Waals surface area contributed by atoms with Crippen molar-refractivity contribution < 1.29 is 5.11 Å². The van der Waals surface area contributed by atoms with E-state index in [9.17, 15) is 0 Å². The molecule has 1 rings (SSSR count). The smallest absolute Gasteiger partial charge is 0.0443 e. The molecule has 3 heteroatoms. The number of pyridine rings is 1. The van der Waals surface area contributed by atoms with E-state index in [0.29, 0.717) is 0 Å². The molecular weight excluding hydrogens is 212 g/mol. The van der Waals surface area contributed by atoms with E-state index < -0.39 is 0 Å². The highest BCUT2D eigenvalue weighted by Gasteiger charge is 2.16. The molecule has 0 aromatic carbocycles. The summed E-state index contributed by atoms with van der Waals surface area (Å²) in [6.07, 6.45) is 4.54. The number of aliphatic hydroxyl groups is 1. The minimum atomic E-state index is 0.258. The second-order valence-electron chi connectivity index (χ2n) is 5.71. The summed E-state index contributed by atoms with van der Waals surface area (Å²) < 4.78 is 0. The summed E-state index contributed by atoms with van der Waals surface area (Å²) in [4.78, 5) is 6.52. The average Bonchev–Trinajstić information content (AvgIpc) is 2.25. The van der Waals surface area contributed by atoms with E-state index in [1.807, 2.05) is 12.3 Å². The maximum atomic E-state index is 8.94. The summed E-state index contributed by atoms with van der Waals surface area (Å²) in [6, 6.07) is 4.07. The molecule has 0 aliphatic heterocycles. The molecule has 1 N–H and O–H groups in total. The van der Waals surface area contributed by atoms with E-state index in [4.69, 9.17) is 5.11 Å². The van der Waals surface area contributed by atoms with Crippen molar-refractivity contribution >= 4 is 0 Å². The van der Waals surface area contributed by atoms with Crippen LogP contribution in [0.2, 0.25) is 0 Å². The number of rotatable bonds is 6. The highest BCUT2D eigenvalue weighted by molar-refractivity contribution is 5.08. The quantitative estimate of drug-likeness (QED) is 0.823. The SMILES string of the molecule is CC(C)(C)CN(CCCO)Cc1cccnc1. The first-order chi connectivity index (χ1) is 8.01. The Kier molecular flexibility index (Phi) is 5.59. The van der Waals surface area contributed by atoms with Crippen molar-refractivity contribution in [2.24, 2.45) is 5.41 Å². The van der Waals surface area contributed by atoms with Crippen molar-refractivity contribution in [3.63, 3.8) is 0 Å². The molecule has 0 fully saturated rings. The Labute approximate surface area is 104 Å². The van der Waals surface area contributed by atoms with Gasteiger partial charge in [-0.3, -0.25) is 9.88 Å². The van der Waals surface area contributed by atoms with Gasteiger partial charge in [0.2, 0.25) is 0 Å². The summed E-state index contributed by atoms with van der Waals surface area (Å²) in [5, 5.41) is 8.94. The van der Waals surface area contributed by atoms with E-state index in [2.05, 4.69) is 36.7 Å². The molecular formula is C14H24N2O. The first-order valence-corrected chi connectivity index (χ1v) is 6.23. The Morgan fingerprint density at radius 1 is 1.35 bits per heavy atom. The molecule has 0 spiro atoms. The molecule has 0 saturated heterocycles. The summed E-state index contributed by atoms with van der Waals surface area (Å²) in [6.45, 7) is 9.84. The first-order valence-electron chi connectivity index (χ1n) is 6.23. The molecule has 3 nitrogen and oxygen atoms in total. The Morgan fingerprint density at radius 3 is 2.65 bits per heavy atom. The Balaban J connectivity index is 2.57. The second kappa shape index (κ2) is 6.72. The fourth-order valence-electron chi connectivity index (χ4n) is 1.93. The monoisotopic (exact) mass is 236 g/mol. The molecule has 0 radical (unpaired) electrons. The lowest BCUT2D eigenvalue weighted by atomic mass is 9.95. The van der Waals surface area contributed by atoms with Gasteiger partial charge in [-0.15, -0.1) is 0 Å². The zero-order valence-corrected chi connectivity index (χ0v) is 11.2. The van der Waals surface area contributed by atoms with Crippen LogP contribution in [0, 0.1) is 5.41 Å². The lowest BCUT2D eigenvalue weighted by Gasteiger charge is -2.29. The van der Waals surface area contributed by atoms with Crippen LogP contribution in [0.25, 0.3) is 0 Å². The Bertz CT molecular complexity index is 306. The van der Waals surface area contributed by atoms with Crippen LogP contribution in [0.4, 0.5) is 0 Å². The predicted molar refractivity (Wildman–Crippen MR) is 70.7 cm³/mol. The van der Waals surface area contributed by atoms with Gasteiger partial charge < -0.3 is 5.11 Å².